The quantitative estimate of drug-likeness (QED) is 0.344. The fourth-order valence-electron chi connectivity index (χ4n) is 4.55. The van der Waals surface area contributed by atoms with E-state index in [1.54, 1.807) is 33.0 Å². The number of aryl methyl sites for hydroxylation is 1. The van der Waals surface area contributed by atoms with E-state index in [2.05, 4.69) is 9.71 Å². The summed E-state index contributed by atoms with van der Waals surface area (Å²) in [5, 5.41) is 9.66. The standard InChI is InChI=1S/C27H35N5O8S2/c1-18-13-32(19(2)16-33)27(34)22-7-6-8-23(29-41(35,36)25-15-30(3)17-28-25)26(22)40-24(18)14-31(4)42(37,38)21-11-9-20(39-5)10-12-21/h6-12,15,17-19,24,29,33H,13-14,16H2,1-5H3/t18-,19+,24-/m0/s1. The Bertz CT molecular complexity index is 1640. The van der Waals surface area contributed by atoms with Gasteiger partial charge in [-0.25, -0.2) is 13.4 Å². The number of nitrogens with one attached hydrogen (secondary N) is 1. The highest BCUT2D eigenvalue weighted by atomic mass is 32.2. The third kappa shape index (κ3) is 6.38. The number of ether oxygens (including phenoxy) is 2. The SMILES string of the molecule is COc1ccc(S(=O)(=O)N(C)C[C@@H]2Oc3c(NS(=O)(=O)c4cn(C)cn4)cccc3C(=O)N([C@H](C)CO)C[C@@H]2C)cc1. The highest BCUT2D eigenvalue weighted by Gasteiger charge is 2.36. The molecule has 15 heteroatoms. The van der Waals surface area contributed by atoms with Crippen molar-refractivity contribution in [1.29, 1.82) is 0 Å². The lowest BCUT2D eigenvalue weighted by Crippen LogP contribution is -2.50. The molecule has 1 amide bonds. The molecule has 3 atom stereocenters. The van der Waals surface area contributed by atoms with Crippen molar-refractivity contribution in [3.63, 3.8) is 0 Å². The Labute approximate surface area is 245 Å². The molecule has 1 aliphatic rings. The van der Waals surface area contributed by atoms with Crippen molar-refractivity contribution in [1.82, 2.24) is 18.8 Å². The highest BCUT2D eigenvalue weighted by Crippen LogP contribution is 2.36. The van der Waals surface area contributed by atoms with Gasteiger partial charge in [0.2, 0.25) is 10.0 Å². The molecule has 0 fully saturated rings. The van der Waals surface area contributed by atoms with Crippen LogP contribution in [0.4, 0.5) is 5.69 Å². The van der Waals surface area contributed by atoms with Gasteiger partial charge in [-0.05, 0) is 43.3 Å². The van der Waals surface area contributed by atoms with Crippen molar-refractivity contribution >= 4 is 31.6 Å². The molecule has 0 aliphatic carbocycles. The molecule has 0 spiro atoms. The van der Waals surface area contributed by atoms with Gasteiger partial charge in [-0.15, -0.1) is 0 Å². The molecular weight excluding hydrogens is 586 g/mol. The van der Waals surface area contributed by atoms with Crippen LogP contribution in [-0.4, -0.2) is 92.6 Å². The van der Waals surface area contributed by atoms with Crippen LogP contribution in [0.25, 0.3) is 0 Å². The summed E-state index contributed by atoms with van der Waals surface area (Å²) in [6.07, 6.45) is 1.86. The first-order chi connectivity index (χ1) is 19.8. The molecule has 228 valence electrons. The summed E-state index contributed by atoms with van der Waals surface area (Å²) >= 11 is 0. The first kappa shape index (κ1) is 31.3. The van der Waals surface area contributed by atoms with Crippen molar-refractivity contribution in [2.45, 2.75) is 35.9 Å². The lowest BCUT2D eigenvalue weighted by atomic mass is 9.99. The van der Waals surface area contributed by atoms with Gasteiger partial charge in [0.25, 0.3) is 15.9 Å². The van der Waals surface area contributed by atoms with Crippen LogP contribution in [0.1, 0.15) is 24.2 Å². The van der Waals surface area contributed by atoms with E-state index >= 15 is 0 Å². The highest BCUT2D eigenvalue weighted by molar-refractivity contribution is 7.92. The van der Waals surface area contributed by atoms with Gasteiger partial charge in [0.1, 0.15) is 11.9 Å². The summed E-state index contributed by atoms with van der Waals surface area (Å²) in [6.45, 7) is 3.22. The summed E-state index contributed by atoms with van der Waals surface area (Å²) in [5.41, 5.74) is 0.0527. The van der Waals surface area contributed by atoms with Gasteiger partial charge >= 0.3 is 0 Å². The number of aliphatic hydroxyl groups excluding tert-OH is 1. The number of carbonyl (C=O) groups excluding carboxylic acids is 1. The van der Waals surface area contributed by atoms with Crippen LogP contribution in [-0.2, 0) is 27.1 Å². The number of benzene rings is 2. The van der Waals surface area contributed by atoms with Gasteiger partial charge in [0.15, 0.2) is 10.8 Å². The number of anilines is 1. The number of amides is 1. The zero-order valence-electron chi connectivity index (χ0n) is 24.0. The number of fused-ring (bicyclic) bond motifs is 1. The Kier molecular flexibility index (Phi) is 9.15. The van der Waals surface area contributed by atoms with E-state index in [0.29, 0.717) is 5.75 Å². The molecule has 0 bridgehead atoms. The molecule has 0 saturated carbocycles. The van der Waals surface area contributed by atoms with Crippen LogP contribution in [0.5, 0.6) is 11.5 Å². The van der Waals surface area contributed by atoms with Crippen molar-refractivity contribution in [2.75, 3.05) is 38.6 Å². The average molecular weight is 622 g/mol. The molecule has 2 heterocycles. The van der Waals surface area contributed by atoms with E-state index in [0.717, 1.165) is 4.31 Å². The first-order valence-electron chi connectivity index (χ1n) is 13.1. The molecule has 42 heavy (non-hydrogen) atoms. The zero-order chi connectivity index (χ0) is 30.8. The second kappa shape index (κ2) is 12.3. The molecule has 4 rings (SSSR count). The molecular formula is C27H35N5O8S2. The number of aliphatic hydroxyl groups is 1. The van der Waals surface area contributed by atoms with E-state index < -0.39 is 44.0 Å². The van der Waals surface area contributed by atoms with Crippen molar-refractivity contribution in [3.05, 3.63) is 60.6 Å². The number of hydrogen-bond donors (Lipinski definition) is 2. The molecule has 2 aromatic carbocycles. The lowest BCUT2D eigenvalue weighted by molar-refractivity contribution is 0.0389. The summed E-state index contributed by atoms with van der Waals surface area (Å²) in [5.74, 6) is -0.433. The maximum atomic E-state index is 13.7. The van der Waals surface area contributed by atoms with E-state index in [-0.39, 0.29) is 46.6 Å². The minimum Gasteiger partial charge on any atom is -0.497 e. The van der Waals surface area contributed by atoms with E-state index in [1.807, 2.05) is 0 Å². The van der Waals surface area contributed by atoms with Gasteiger partial charge in [-0.3, -0.25) is 9.52 Å². The summed E-state index contributed by atoms with van der Waals surface area (Å²) in [7, 11) is -3.57. The average Bonchev–Trinajstić information content (AvgIpc) is 3.41. The number of hydrogen-bond acceptors (Lipinski definition) is 9. The molecule has 3 aromatic rings. The topological polar surface area (TPSA) is 160 Å². The number of sulfonamides is 2. The normalized spacial score (nSPS) is 18.5. The predicted octanol–water partition coefficient (Wildman–Crippen LogP) is 1.77. The second-order valence-electron chi connectivity index (χ2n) is 10.2. The van der Waals surface area contributed by atoms with Crippen molar-refractivity contribution in [3.8, 4) is 11.5 Å². The van der Waals surface area contributed by atoms with Crippen molar-refractivity contribution in [2.24, 2.45) is 13.0 Å². The van der Waals surface area contributed by atoms with Gasteiger partial charge < -0.3 is 24.0 Å². The van der Waals surface area contributed by atoms with Crippen LogP contribution in [0.3, 0.4) is 0 Å². The maximum Gasteiger partial charge on any atom is 0.281 e. The van der Waals surface area contributed by atoms with Gasteiger partial charge in [-0.1, -0.05) is 13.0 Å². The molecule has 1 aliphatic heterocycles. The van der Waals surface area contributed by atoms with E-state index in [1.165, 1.54) is 66.5 Å². The third-order valence-electron chi connectivity index (χ3n) is 7.10. The molecule has 1 aromatic heterocycles. The fourth-order valence-corrected chi connectivity index (χ4v) is 6.77. The second-order valence-corrected chi connectivity index (χ2v) is 13.9. The first-order valence-corrected chi connectivity index (χ1v) is 16.0. The fraction of sp³-hybridized carbons (Fsp3) is 0.407. The number of nitrogens with zero attached hydrogens (tertiary/aromatic N) is 4. The Morgan fingerprint density at radius 1 is 1.19 bits per heavy atom. The van der Waals surface area contributed by atoms with Crippen LogP contribution < -0.4 is 14.2 Å². The molecule has 2 N–H and O–H groups in total. The number of aromatic nitrogens is 2. The third-order valence-corrected chi connectivity index (χ3v) is 10.2. The Balaban J connectivity index is 1.74. The minimum absolute atomic E-state index is 0.0112. The lowest BCUT2D eigenvalue weighted by Gasteiger charge is -2.38. The largest absolute Gasteiger partial charge is 0.497 e. The number of imidazole rings is 1. The minimum atomic E-state index is -4.16. The van der Waals surface area contributed by atoms with Crippen LogP contribution in [0, 0.1) is 5.92 Å². The Hall–Kier alpha value is -3.66. The van der Waals surface area contributed by atoms with E-state index in [4.69, 9.17) is 9.47 Å². The Morgan fingerprint density at radius 2 is 1.88 bits per heavy atom. The number of methoxy groups -OCH3 is 1. The zero-order valence-corrected chi connectivity index (χ0v) is 25.6. The number of para-hydroxylation sites is 1. The number of likely N-dealkylation sites (N-methyl/N-ethyl adjacent to an activating group) is 1. The molecule has 0 radical (unpaired) electrons. The monoisotopic (exact) mass is 621 g/mol. The Morgan fingerprint density at radius 3 is 2.48 bits per heavy atom. The number of rotatable bonds is 10. The summed E-state index contributed by atoms with van der Waals surface area (Å²) in [4.78, 5) is 19.1. The van der Waals surface area contributed by atoms with Crippen molar-refractivity contribution < 1.29 is 36.2 Å². The van der Waals surface area contributed by atoms with Crippen LogP contribution in [0.2, 0.25) is 0 Å². The van der Waals surface area contributed by atoms with Gasteiger partial charge in [-0.2, -0.15) is 12.7 Å². The maximum absolute atomic E-state index is 13.7. The van der Waals surface area contributed by atoms with Crippen LogP contribution in [0.15, 0.2) is 64.9 Å². The molecule has 13 nitrogen and oxygen atoms in total. The smallest absolute Gasteiger partial charge is 0.281 e. The predicted molar refractivity (Wildman–Crippen MR) is 154 cm³/mol. The van der Waals surface area contributed by atoms with E-state index in [9.17, 15) is 26.7 Å². The van der Waals surface area contributed by atoms with Gasteiger partial charge in [0.05, 0.1) is 48.8 Å². The molecule has 0 unspecified atom stereocenters. The summed E-state index contributed by atoms with van der Waals surface area (Å²) in [6, 6.07) is 9.87. The van der Waals surface area contributed by atoms with Crippen LogP contribution >= 0.6 is 0 Å². The summed E-state index contributed by atoms with van der Waals surface area (Å²) < 4.78 is 69.7. The molecule has 0 saturated heterocycles. The number of carbonyl (C=O) groups is 1. The van der Waals surface area contributed by atoms with Gasteiger partial charge in [0, 0.05) is 32.8 Å².